The Bertz CT molecular complexity index is 1200. The second kappa shape index (κ2) is 9.63. The molecule has 4 aromatic rings. The highest BCUT2D eigenvalue weighted by molar-refractivity contribution is 5.95. The number of hydrogen-bond acceptors (Lipinski definition) is 4. The molecule has 1 atom stereocenters. The van der Waals surface area contributed by atoms with E-state index in [0.717, 1.165) is 48.5 Å². The summed E-state index contributed by atoms with van der Waals surface area (Å²) in [4.78, 5) is 9.67. The SMILES string of the molecule is CCC(C)N1CCN(c2ccc(Nc3ccnc4ccc(-c5ccccc5)cc34)cc2)CC1. The van der Waals surface area contributed by atoms with E-state index in [1.54, 1.807) is 0 Å². The van der Waals surface area contributed by atoms with Crippen LogP contribution in [0.15, 0.2) is 85.1 Å². The molecule has 1 N–H and O–H groups in total. The number of piperazine rings is 1. The van der Waals surface area contributed by atoms with Gasteiger partial charge < -0.3 is 10.2 Å². The van der Waals surface area contributed by atoms with Crippen molar-refractivity contribution in [3.63, 3.8) is 0 Å². The second-order valence-corrected chi connectivity index (χ2v) is 8.91. The van der Waals surface area contributed by atoms with Gasteiger partial charge in [-0.3, -0.25) is 9.88 Å². The molecule has 1 saturated heterocycles. The van der Waals surface area contributed by atoms with Crippen molar-refractivity contribution < 1.29 is 0 Å². The van der Waals surface area contributed by atoms with Gasteiger partial charge in [-0.1, -0.05) is 43.3 Å². The minimum absolute atomic E-state index is 0.677. The van der Waals surface area contributed by atoms with Gasteiger partial charge in [0.05, 0.1) is 5.52 Å². The third-order valence-corrected chi connectivity index (χ3v) is 6.89. The quantitative estimate of drug-likeness (QED) is 0.371. The Morgan fingerprint density at radius 3 is 2.33 bits per heavy atom. The van der Waals surface area contributed by atoms with Crippen LogP contribution in [0.1, 0.15) is 20.3 Å². The highest BCUT2D eigenvalue weighted by atomic mass is 15.3. The van der Waals surface area contributed by atoms with E-state index >= 15 is 0 Å². The van der Waals surface area contributed by atoms with Crippen LogP contribution in [0.5, 0.6) is 0 Å². The van der Waals surface area contributed by atoms with Crippen LogP contribution in [0.2, 0.25) is 0 Å². The number of nitrogens with zero attached hydrogens (tertiary/aromatic N) is 3. The monoisotopic (exact) mass is 436 g/mol. The number of nitrogens with one attached hydrogen (secondary N) is 1. The average Bonchev–Trinajstić information content (AvgIpc) is 2.89. The first kappa shape index (κ1) is 21.5. The molecule has 0 amide bonds. The Labute approximate surface area is 196 Å². The molecule has 0 saturated carbocycles. The predicted octanol–water partition coefficient (Wildman–Crippen LogP) is 6.57. The Morgan fingerprint density at radius 2 is 1.61 bits per heavy atom. The maximum absolute atomic E-state index is 4.57. The third-order valence-electron chi connectivity index (χ3n) is 6.89. The molecule has 0 radical (unpaired) electrons. The zero-order valence-corrected chi connectivity index (χ0v) is 19.5. The summed E-state index contributed by atoms with van der Waals surface area (Å²) in [6.45, 7) is 9.07. The molecule has 168 valence electrons. The lowest BCUT2D eigenvalue weighted by atomic mass is 10.0. The van der Waals surface area contributed by atoms with E-state index in [1.807, 2.05) is 12.3 Å². The van der Waals surface area contributed by atoms with Crippen LogP contribution in [-0.4, -0.2) is 42.1 Å². The van der Waals surface area contributed by atoms with Gasteiger partial charge in [-0.25, -0.2) is 0 Å². The minimum Gasteiger partial charge on any atom is -0.369 e. The summed E-state index contributed by atoms with van der Waals surface area (Å²) in [5, 5.41) is 4.75. The Kier molecular flexibility index (Phi) is 6.27. The molecule has 4 nitrogen and oxygen atoms in total. The van der Waals surface area contributed by atoms with Crippen molar-refractivity contribution in [1.82, 2.24) is 9.88 Å². The van der Waals surface area contributed by atoms with Crippen LogP contribution in [-0.2, 0) is 0 Å². The van der Waals surface area contributed by atoms with Crippen molar-refractivity contribution in [2.45, 2.75) is 26.3 Å². The first-order valence-electron chi connectivity index (χ1n) is 12.0. The van der Waals surface area contributed by atoms with E-state index in [9.17, 15) is 0 Å². The van der Waals surface area contributed by atoms with E-state index < -0.39 is 0 Å². The normalized spacial score (nSPS) is 15.5. The van der Waals surface area contributed by atoms with Crippen molar-refractivity contribution >= 4 is 28.0 Å². The van der Waals surface area contributed by atoms with Gasteiger partial charge in [0.1, 0.15) is 0 Å². The number of rotatable bonds is 6. The number of benzene rings is 3. The summed E-state index contributed by atoms with van der Waals surface area (Å²) in [5.41, 5.74) is 6.88. The molecule has 3 aromatic carbocycles. The van der Waals surface area contributed by atoms with Gasteiger partial charge >= 0.3 is 0 Å². The molecule has 1 aliphatic rings. The van der Waals surface area contributed by atoms with Gasteiger partial charge in [0.15, 0.2) is 0 Å². The zero-order chi connectivity index (χ0) is 22.6. The van der Waals surface area contributed by atoms with Gasteiger partial charge in [-0.2, -0.15) is 0 Å². The van der Waals surface area contributed by atoms with Gasteiger partial charge in [-0.15, -0.1) is 0 Å². The molecule has 4 heteroatoms. The van der Waals surface area contributed by atoms with Crippen LogP contribution >= 0.6 is 0 Å². The van der Waals surface area contributed by atoms with Gasteiger partial charge in [0.2, 0.25) is 0 Å². The predicted molar refractivity (Wildman–Crippen MR) is 140 cm³/mol. The summed E-state index contributed by atoms with van der Waals surface area (Å²) in [5.74, 6) is 0. The fourth-order valence-electron chi connectivity index (χ4n) is 4.66. The number of anilines is 3. The fraction of sp³-hybridized carbons (Fsp3) is 0.276. The molecule has 0 bridgehead atoms. The molecule has 5 rings (SSSR count). The maximum atomic E-state index is 4.57. The molecule has 33 heavy (non-hydrogen) atoms. The number of aromatic nitrogens is 1. The topological polar surface area (TPSA) is 31.4 Å². The summed E-state index contributed by atoms with van der Waals surface area (Å²) in [7, 11) is 0. The van der Waals surface area contributed by atoms with E-state index in [2.05, 4.69) is 107 Å². The highest BCUT2D eigenvalue weighted by Crippen LogP contribution is 2.30. The molecule has 1 aromatic heterocycles. The van der Waals surface area contributed by atoms with Crippen LogP contribution in [0.25, 0.3) is 22.0 Å². The molecular formula is C29H32N4. The van der Waals surface area contributed by atoms with Crippen molar-refractivity contribution in [1.29, 1.82) is 0 Å². The maximum Gasteiger partial charge on any atom is 0.0723 e. The molecule has 1 fully saturated rings. The zero-order valence-electron chi connectivity index (χ0n) is 19.5. The Hall–Kier alpha value is -3.37. The Morgan fingerprint density at radius 1 is 0.848 bits per heavy atom. The molecule has 1 aliphatic heterocycles. The summed E-state index contributed by atoms with van der Waals surface area (Å²) >= 11 is 0. The molecule has 0 spiro atoms. The lowest BCUT2D eigenvalue weighted by Crippen LogP contribution is -2.49. The van der Waals surface area contributed by atoms with Crippen LogP contribution in [0.3, 0.4) is 0 Å². The standard InChI is InChI=1S/C29H32N4/c1-3-22(2)32-17-19-33(20-18-32)26-12-10-25(11-13-26)31-29-15-16-30-28-14-9-24(21-27(28)29)23-7-5-4-6-8-23/h4-16,21-22H,3,17-20H2,1-2H3,(H,30,31). The minimum atomic E-state index is 0.677. The van der Waals surface area contributed by atoms with Crippen LogP contribution < -0.4 is 10.2 Å². The lowest BCUT2D eigenvalue weighted by molar-refractivity contribution is 0.193. The largest absolute Gasteiger partial charge is 0.369 e. The molecule has 0 aliphatic carbocycles. The van der Waals surface area contributed by atoms with Crippen molar-refractivity contribution in [3.8, 4) is 11.1 Å². The number of hydrogen-bond donors (Lipinski definition) is 1. The summed E-state index contributed by atoms with van der Waals surface area (Å²) < 4.78 is 0. The van der Waals surface area contributed by atoms with Gasteiger partial charge in [0, 0.05) is 60.9 Å². The molecule has 2 heterocycles. The molecular weight excluding hydrogens is 404 g/mol. The van der Waals surface area contributed by atoms with Crippen molar-refractivity contribution in [2.75, 3.05) is 36.4 Å². The smallest absolute Gasteiger partial charge is 0.0723 e. The first-order valence-corrected chi connectivity index (χ1v) is 12.0. The van der Waals surface area contributed by atoms with E-state index in [4.69, 9.17) is 0 Å². The Balaban J connectivity index is 1.33. The summed E-state index contributed by atoms with van der Waals surface area (Å²) in [6, 6.07) is 28.5. The van der Waals surface area contributed by atoms with E-state index in [1.165, 1.54) is 23.2 Å². The van der Waals surface area contributed by atoms with Crippen LogP contribution in [0, 0.1) is 0 Å². The van der Waals surface area contributed by atoms with Gasteiger partial charge in [0.25, 0.3) is 0 Å². The molecule has 1 unspecified atom stereocenters. The lowest BCUT2D eigenvalue weighted by Gasteiger charge is -2.39. The van der Waals surface area contributed by atoms with Crippen molar-refractivity contribution in [2.24, 2.45) is 0 Å². The second-order valence-electron chi connectivity index (χ2n) is 8.91. The van der Waals surface area contributed by atoms with Crippen molar-refractivity contribution in [3.05, 3.63) is 85.1 Å². The number of fused-ring (bicyclic) bond motifs is 1. The average molecular weight is 437 g/mol. The number of pyridine rings is 1. The van der Waals surface area contributed by atoms with E-state index in [0.29, 0.717) is 6.04 Å². The fourth-order valence-corrected chi connectivity index (χ4v) is 4.66. The first-order chi connectivity index (χ1) is 16.2. The highest BCUT2D eigenvalue weighted by Gasteiger charge is 2.20. The van der Waals surface area contributed by atoms with Gasteiger partial charge in [-0.05, 0) is 66.9 Å². The third kappa shape index (κ3) is 4.71. The van der Waals surface area contributed by atoms with Crippen LogP contribution in [0.4, 0.5) is 17.1 Å². The van der Waals surface area contributed by atoms with E-state index in [-0.39, 0.29) is 0 Å². The summed E-state index contributed by atoms with van der Waals surface area (Å²) in [6.07, 6.45) is 3.09.